The van der Waals surface area contributed by atoms with Gasteiger partial charge in [-0.2, -0.15) is 0 Å². The maximum Gasteiger partial charge on any atom is 0.330 e. The third-order valence-corrected chi connectivity index (χ3v) is 1.71. The fourth-order valence-electron chi connectivity index (χ4n) is 0.785. The van der Waals surface area contributed by atoms with E-state index < -0.39 is 44.2 Å². The van der Waals surface area contributed by atoms with Crippen LogP contribution < -0.4 is 0 Å². The molecule has 8 heteroatoms. The number of carbonyl (C=O) groups excluding carboxylic acids is 2. The van der Waals surface area contributed by atoms with Crippen LogP contribution in [0.4, 0.5) is 0 Å². The second kappa shape index (κ2) is 6.30. The van der Waals surface area contributed by atoms with Crippen LogP contribution in [0, 0.1) is 5.41 Å². The minimum absolute atomic E-state index is 1.01. The van der Waals surface area contributed by atoms with Crippen LogP contribution in [0.3, 0.4) is 0 Å². The van der Waals surface area contributed by atoms with Gasteiger partial charge in [0.05, 0.1) is 13.2 Å². The van der Waals surface area contributed by atoms with Gasteiger partial charge in [0.25, 0.3) is 0 Å². The van der Waals surface area contributed by atoms with Crippen molar-refractivity contribution in [1.29, 1.82) is 0 Å². The van der Waals surface area contributed by atoms with E-state index in [0.29, 0.717) is 0 Å². The summed E-state index contributed by atoms with van der Waals surface area (Å²) in [5.74, 6) is -2.68. The Hall–Kier alpha value is -1.22. The summed E-state index contributed by atoms with van der Waals surface area (Å²) in [6, 6.07) is 0. The van der Waals surface area contributed by atoms with Gasteiger partial charge in [0.15, 0.2) is 13.6 Å². The Morgan fingerprint density at radius 2 is 1.20 bits per heavy atom. The monoisotopic (exact) mass is 224 g/mol. The molecule has 0 aliphatic carbocycles. The first kappa shape index (κ1) is 13.8. The van der Waals surface area contributed by atoms with Gasteiger partial charge in [-0.3, -0.25) is 9.59 Å². The second-order valence-corrected chi connectivity index (χ2v) is 2.52. The number of ether oxygens (including phenoxy) is 2. The largest absolute Gasteiger partial charge is 0.438 e. The molecule has 88 valence electrons. The first-order valence-electron chi connectivity index (χ1n) is 3.87. The van der Waals surface area contributed by atoms with Crippen LogP contribution in [-0.2, 0) is 19.1 Å². The molecule has 15 heavy (non-hydrogen) atoms. The van der Waals surface area contributed by atoms with E-state index in [1.807, 2.05) is 0 Å². The van der Waals surface area contributed by atoms with E-state index in [4.69, 9.17) is 20.4 Å². The second-order valence-electron chi connectivity index (χ2n) is 2.52. The number of hydrogen-bond donors (Lipinski definition) is 4. The van der Waals surface area contributed by atoms with Crippen molar-refractivity contribution < 1.29 is 39.5 Å². The summed E-state index contributed by atoms with van der Waals surface area (Å²) in [5.41, 5.74) is -2.33. The van der Waals surface area contributed by atoms with Crippen molar-refractivity contribution in [3.63, 3.8) is 0 Å². The minimum atomic E-state index is -2.33. The molecule has 0 fully saturated rings. The van der Waals surface area contributed by atoms with Crippen LogP contribution in [0.2, 0.25) is 0 Å². The van der Waals surface area contributed by atoms with Crippen molar-refractivity contribution >= 4 is 11.9 Å². The molecule has 0 atom stereocenters. The summed E-state index contributed by atoms with van der Waals surface area (Å²) in [7, 11) is 0. The lowest BCUT2D eigenvalue weighted by molar-refractivity contribution is -0.187. The molecule has 0 amide bonds. The normalized spacial score (nSPS) is 10.9. The fraction of sp³-hybridized carbons (Fsp3) is 0.714. The Morgan fingerprint density at radius 1 is 0.867 bits per heavy atom. The molecule has 0 unspecified atom stereocenters. The zero-order valence-corrected chi connectivity index (χ0v) is 7.75. The van der Waals surface area contributed by atoms with Gasteiger partial charge in [-0.1, -0.05) is 0 Å². The Bertz CT molecular complexity index is 201. The highest BCUT2D eigenvalue weighted by molar-refractivity contribution is 6.00. The molecule has 0 heterocycles. The summed E-state index contributed by atoms with van der Waals surface area (Å²) < 4.78 is 8.14. The van der Waals surface area contributed by atoms with E-state index in [0.717, 1.165) is 0 Å². The Morgan fingerprint density at radius 3 is 1.40 bits per heavy atom. The van der Waals surface area contributed by atoms with E-state index in [-0.39, 0.29) is 0 Å². The topological polar surface area (TPSA) is 134 Å². The van der Waals surface area contributed by atoms with Crippen LogP contribution in [-0.4, -0.2) is 59.2 Å². The van der Waals surface area contributed by atoms with E-state index in [2.05, 4.69) is 9.47 Å². The van der Waals surface area contributed by atoms with Crippen LogP contribution in [0.5, 0.6) is 0 Å². The summed E-state index contributed by atoms with van der Waals surface area (Å²) in [5, 5.41) is 34.3. The molecule has 0 aliphatic rings. The SMILES string of the molecule is O=C(OCO)C(CO)(CO)C(=O)OCO. The first-order valence-corrected chi connectivity index (χ1v) is 3.87. The van der Waals surface area contributed by atoms with E-state index >= 15 is 0 Å². The molecule has 4 N–H and O–H groups in total. The number of aliphatic hydroxyl groups excluding tert-OH is 4. The quantitative estimate of drug-likeness (QED) is 0.212. The van der Waals surface area contributed by atoms with Gasteiger partial charge in [-0.15, -0.1) is 0 Å². The van der Waals surface area contributed by atoms with Crippen LogP contribution >= 0.6 is 0 Å². The molecule has 0 aromatic carbocycles. The van der Waals surface area contributed by atoms with Crippen molar-refractivity contribution in [3.05, 3.63) is 0 Å². The Kier molecular flexibility index (Phi) is 5.79. The molecule has 0 saturated carbocycles. The predicted octanol–water partition coefficient (Wildman–Crippen LogP) is -3.06. The number of esters is 2. The standard InChI is InChI=1S/C7H12O8/c8-1-7(2-9,5(12)14-3-10)6(13)15-4-11/h8-11H,1-4H2. The van der Waals surface area contributed by atoms with Gasteiger partial charge in [-0.25, -0.2) is 0 Å². The number of rotatable bonds is 6. The van der Waals surface area contributed by atoms with Gasteiger partial charge in [0.2, 0.25) is 5.41 Å². The lowest BCUT2D eigenvalue weighted by atomic mass is 9.90. The lowest BCUT2D eigenvalue weighted by Crippen LogP contribution is -2.48. The molecule has 0 rings (SSSR count). The highest BCUT2D eigenvalue weighted by Crippen LogP contribution is 2.20. The van der Waals surface area contributed by atoms with Crippen molar-refractivity contribution in [1.82, 2.24) is 0 Å². The smallest absolute Gasteiger partial charge is 0.330 e. The first-order chi connectivity index (χ1) is 7.08. The summed E-state index contributed by atoms with van der Waals surface area (Å²) in [6.07, 6.45) is 0. The van der Waals surface area contributed by atoms with E-state index in [9.17, 15) is 9.59 Å². The molecule has 0 spiro atoms. The number of aliphatic hydroxyl groups is 4. The highest BCUT2D eigenvalue weighted by atomic mass is 16.6. The maximum absolute atomic E-state index is 11.2. The molecular weight excluding hydrogens is 212 g/mol. The maximum atomic E-state index is 11.2. The molecule has 0 radical (unpaired) electrons. The molecule has 0 aliphatic heterocycles. The molecule has 0 bridgehead atoms. The number of carbonyl (C=O) groups is 2. The van der Waals surface area contributed by atoms with Crippen molar-refractivity contribution in [2.45, 2.75) is 0 Å². The molecule has 8 nitrogen and oxygen atoms in total. The molecule has 0 saturated heterocycles. The minimum Gasteiger partial charge on any atom is -0.438 e. The van der Waals surface area contributed by atoms with Crippen molar-refractivity contribution in [3.8, 4) is 0 Å². The zero-order valence-electron chi connectivity index (χ0n) is 7.75. The van der Waals surface area contributed by atoms with Crippen LogP contribution in [0.25, 0.3) is 0 Å². The van der Waals surface area contributed by atoms with E-state index in [1.54, 1.807) is 0 Å². The Labute approximate surface area is 84.7 Å². The number of hydrogen-bond acceptors (Lipinski definition) is 8. The van der Waals surface area contributed by atoms with E-state index in [1.165, 1.54) is 0 Å². The zero-order chi connectivity index (χ0) is 11.9. The van der Waals surface area contributed by atoms with Gasteiger partial charge in [0, 0.05) is 0 Å². The lowest BCUT2D eigenvalue weighted by Gasteiger charge is -2.23. The van der Waals surface area contributed by atoms with Gasteiger partial charge < -0.3 is 29.9 Å². The van der Waals surface area contributed by atoms with Crippen LogP contribution in [0.15, 0.2) is 0 Å². The summed E-state index contributed by atoms with van der Waals surface area (Å²) in [6.45, 7) is -4.15. The van der Waals surface area contributed by atoms with Gasteiger partial charge in [0.1, 0.15) is 0 Å². The Balaban J connectivity index is 4.86. The van der Waals surface area contributed by atoms with Crippen molar-refractivity contribution in [2.24, 2.45) is 5.41 Å². The third kappa shape index (κ3) is 2.86. The fourth-order valence-corrected chi connectivity index (χ4v) is 0.785. The average molecular weight is 224 g/mol. The molecule has 0 aromatic heterocycles. The average Bonchev–Trinajstić information content (AvgIpc) is 2.21. The van der Waals surface area contributed by atoms with Crippen LogP contribution in [0.1, 0.15) is 0 Å². The van der Waals surface area contributed by atoms with Gasteiger partial charge >= 0.3 is 11.9 Å². The predicted molar refractivity (Wildman–Crippen MR) is 43.0 cm³/mol. The third-order valence-electron chi connectivity index (χ3n) is 1.71. The van der Waals surface area contributed by atoms with Gasteiger partial charge in [-0.05, 0) is 0 Å². The summed E-state index contributed by atoms with van der Waals surface area (Å²) >= 11 is 0. The molecule has 0 aromatic rings. The van der Waals surface area contributed by atoms with Crippen molar-refractivity contribution in [2.75, 3.05) is 26.8 Å². The highest BCUT2D eigenvalue weighted by Gasteiger charge is 2.48. The molecular formula is C7H12O8. The summed E-state index contributed by atoms with van der Waals surface area (Å²) in [4.78, 5) is 22.3.